The lowest BCUT2D eigenvalue weighted by Gasteiger charge is -2.14. The van der Waals surface area contributed by atoms with E-state index in [1.165, 1.54) is 23.8 Å². The van der Waals surface area contributed by atoms with E-state index in [0.29, 0.717) is 21.8 Å². The number of ether oxygens (including phenoxy) is 2. The quantitative estimate of drug-likeness (QED) is 0.460. The molecule has 0 saturated heterocycles. The van der Waals surface area contributed by atoms with Crippen LogP contribution in [0.3, 0.4) is 0 Å². The van der Waals surface area contributed by atoms with Crippen LogP contribution in [-0.4, -0.2) is 35.1 Å². The van der Waals surface area contributed by atoms with E-state index in [4.69, 9.17) is 9.47 Å². The molecule has 2 aromatic heterocycles. The highest BCUT2D eigenvalue weighted by Gasteiger charge is 2.19. The summed E-state index contributed by atoms with van der Waals surface area (Å²) in [6, 6.07) is 6.91. The predicted molar refractivity (Wildman–Crippen MR) is 115 cm³/mol. The maximum absolute atomic E-state index is 12.7. The zero-order valence-electron chi connectivity index (χ0n) is 16.9. The number of hydrogen-bond acceptors (Lipinski definition) is 7. The summed E-state index contributed by atoms with van der Waals surface area (Å²) in [4.78, 5) is 41.8. The highest BCUT2D eigenvalue weighted by atomic mass is 32.1. The Bertz CT molecular complexity index is 1200. The van der Waals surface area contributed by atoms with Crippen LogP contribution in [0.15, 0.2) is 41.7 Å². The van der Waals surface area contributed by atoms with Gasteiger partial charge in [-0.3, -0.25) is 14.2 Å². The second-order valence-electron chi connectivity index (χ2n) is 6.48. The molecule has 0 fully saturated rings. The van der Waals surface area contributed by atoms with Crippen molar-refractivity contribution in [2.75, 3.05) is 19.0 Å². The molecule has 1 aromatic carbocycles. The molecule has 0 aliphatic carbocycles. The number of amides is 1. The van der Waals surface area contributed by atoms with E-state index in [-0.39, 0.29) is 23.8 Å². The minimum Gasteiger partial charge on any atom is -0.495 e. The number of aromatic nitrogens is 2. The van der Waals surface area contributed by atoms with Crippen molar-refractivity contribution in [3.63, 3.8) is 0 Å². The van der Waals surface area contributed by atoms with Crippen molar-refractivity contribution in [3.05, 3.63) is 63.4 Å². The normalized spacial score (nSPS) is 10.6. The van der Waals surface area contributed by atoms with Crippen LogP contribution in [0.1, 0.15) is 20.9 Å². The summed E-state index contributed by atoms with van der Waals surface area (Å²) in [6.07, 6.45) is 1.47. The van der Waals surface area contributed by atoms with Gasteiger partial charge >= 0.3 is 5.97 Å². The summed E-state index contributed by atoms with van der Waals surface area (Å²) < 4.78 is 11.8. The highest BCUT2D eigenvalue weighted by molar-refractivity contribution is 7.17. The molecule has 0 aliphatic heterocycles. The molecule has 0 bridgehead atoms. The molecule has 1 amide bonds. The Kier molecular flexibility index (Phi) is 6.31. The van der Waals surface area contributed by atoms with Gasteiger partial charge in [-0.05, 0) is 25.5 Å². The van der Waals surface area contributed by atoms with Gasteiger partial charge in [0.25, 0.3) is 5.56 Å². The maximum Gasteiger partial charge on any atom is 0.350 e. The molecule has 156 valence electrons. The standard InChI is InChI=1S/C21H21N3O5S/c1-5-9-29-20(27)19-13(3)22-21(30-19)23-16(25)11-24-17(26)10-12(2)14-7-6-8-15(28-4)18(14)24/h5-8,10H,1,9,11H2,2-4H3,(H,22,23,25). The number of carbonyl (C=O) groups excluding carboxylic acids is 2. The van der Waals surface area contributed by atoms with E-state index in [9.17, 15) is 14.4 Å². The number of aryl methyl sites for hydroxylation is 2. The van der Waals surface area contributed by atoms with Crippen LogP contribution >= 0.6 is 11.3 Å². The molecule has 9 heteroatoms. The molecule has 30 heavy (non-hydrogen) atoms. The van der Waals surface area contributed by atoms with Crippen molar-refractivity contribution < 1.29 is 19.1 Å². The predicted octanol–water partition coefficient (Wildman–Crippen LogP) is 3.06. The highest BCUT2D eigenvalue weighted by Crippen LogP contribution is 2.27. The van der Waals surface area contributed by atoms with Gasteiger partial charge in [-0.25, -0.2) is 9.78 Å². The number of pyridine rings is 1. The number of carbonyl (C=O) groups is 2. The Morgan fingerprint density at radius 1 is 1.33 bits per heavy atom. The number of para-hydroxylation sites is 1. The molecule has 0 aliphatic rings. The zero-order valence-corrected chi connectivity index (χ0v) is 17.7. The van der Waals surface area contributed by atoms with Crippen LogP contribution in [0.4, 0.5) is 5.13 Å². The van der Waals surface area contributed by atoms with E-state index in [2.05, 4.69) is 16.9 Å². The van der Waals surface area contributed by atoms with Gasteiger partial charge in [0.15, 0.2) is 5.13 Å². The molecule has 0 atom stereocenters. The zero-order chi connectivity index (χ0) is 21.8. The van der Waals surface area contributed by atoms with E-state index in [1.54, 1.807) is 13.0 Å². The monoisotopic (exact) mass is 427 g/mol. The average molecular weight is 427 g/mol. The van der Waals surface area contributed by atoms with E-state index >= 15 is 0 Å². The number of nitrogens with one attached hydrogen (secondary N) is 1. The second kappa shape index (κ2) is 8.91. The van der Waals surface area contributed by atoms with Gasteiger partial charge < -0.3 is 14.8 Å². The van der Waals surface area contributed by atoms with Crippen molar-refractivity contribution in [1.82, 2.24) is 9.55 Å². The van der Waals surface area contributed by atoms with Gasteiger partial charge in [-0.15, -0.1) is 0 Å². The number of thiazole rings is 1. The number of anilines is 1. The molecular weight excluding hydrogens is 406 g/mol. The summed E-state index contributed by atoms with van der Waals surface area (Å²) in [7, 11) is 1.51. The molecule has 3 aromatic rings. The van der Waals surface area contributed by atoms with Crippen LogP contribution in [0.2, 0.25) is 0 Å². The maximum atomic E-state index is 12.7. The Hall–Kier alpha value is -3.46. The van der Waals surface area contributed by atoms with Gasteiger partial charge in [0.05, 0.1) is 18.3 Å². The second-order valence-corrected chi connectivity index (χ2v) is 7.48. The van der Waals surface area contributed by atoms with Crippen LogP contribution in [0.25, 0.3) is 10.9 Å². The SMILES string of the molecule is C=CCOC(=O)c1sc(NC(=O)Cn2c(=O)cc(C)c3cccc(OC)c32)nc1C. The fraction of sp³-hybridized carbons (Fsp3) is 0.238. The largest absolute Gasteiger partial charge is 0.495 e. The third-order valence-corrected chi connectivity index (χ3v) is 5.43. The van der Waals surface area contributed by atoms with Crippen LogP contribution in [0, 0.1) is 13.8 Å². The molecule has 0 saturated carbocycles. The Morgan fingerprint density at radius 2 is 2.10 bits per heavy atom. The molecule has 0 spiro atoms. The average Bonchev–Trinajstić information content (AvgIpc) is 3.08. The molecule has 2 heterocycles. The number of fused-ring (bicyclic) bond motifs is 1. The minimum atomic E-state index is -0.532. The number of methoxy groups -OCH3 is 1. The first kappa shape index (κ1) is 21.3. The Balaban J connectivity index is 1.87. The molecule has 1 N–H and O–H groups in total. The number of esters is 1. The summed E-state index contributed by atoms with van der Waals surface area (Å²) in [6.45, 7) is 6.84. The van der Waals surface area contributed by atoms with E-state index < -0.39 is 11.9 Å². The van der Waals surface area contributed by atoms with Crippen LogP contribution in [-0.2, 0) is 16.1 Å². The van der Waals surface area contributed by atoms with Crippen molar-refractivity contribution in [2.45, 2.75) is 20.4 Å². The third-order valence-electron chi connectivity index (χ3n) is 4.38. The van der Waals surface area contributed by atoms with Crippen molar-refractivity contribution in [1.29, 1.82) is 0 Å². The fourth-order valence-electron chi connectivity index (χ4n) is 3.03. The molecule has 0 radical (unpaired) electrons. The number of rotatable bonds is 7. The first-order valence-corrected chi connectivity index (χ1v) is 9.89. The third kappa shape index (κ3) is 4.25. The summed E-state index contributed by atoms with van der Waals surface area (Å²) >= 11 is 1.01. The van der Waals surface area contributed by atoms with Gasteiger partial charge in [-0.2, -0.15) is 0 Å². The van der Waals surface area contributed by atoms with Gasteiger partial charge in [0, 0.05) is 11.5 Å². The van der Waals surface area contributed by atoms with Crippen LogP contribution in [0.5, 0.6) is 5.75 Å². The summed E-state index contributed by atoms with van der Waals surface area (Å²) in [5.41, 5.74) is 1.47. The van der Waals surface area contributed by atoms with Crippen molar-refractivity contribution >= 4 is 39.2 Å². The van der Waals surface area contributed by atoms with Gasteiger partial charge in [0.2, 0.25) is 5.91 Å². The Morgan fingerprint density at radius 3 is 2.80 bits per heavy atom. The van der Waals surface area contributed by atoms with E-state index in [1.807, 2.05) is 19.1 Å². The molecule has 8 nitrogen and oxygen atoms in total. The summed E-state index contributed by atoms with van der Waals surface area (Å²) in [5, 5.41) is 3.71. The van der Waals surface area contributed by atoms with E-state index in [0.717, 1.165) is 22.3 Å². The lowest BCUT2D eigenvalue weighted by atomic mass is 10.1. The van der Waals surface area contributed by atoms with Gasteiger partial charge in [0.1, 0.15) is 23.8 Å². The minimum absolute atomic E-state index is 0.0864. The topological polar surface area (TPSA) is 99.5 Å². The first-order valence-electron chi connectivity index (χ1n) is 9.08. The Labute approximate surface area is 176 Å². The lowest BCUT2D eigenvalue weighted by Crippen LogP contribution is -2.28. The first-order chi connectivity index (χ1) is 14.3. The molecular formula is C21H21N3O5S. The fourth-order valence-corrected chi connectivity index (χ4v) is 3.91. The lowest BCUT2D eigenvalue weighted by molar-refractivity contribution is -0.116. The molecule has 3 rings (SSSR count). The smallest absolute Gasteiger partial charge is 0.350 e. The summed E-state index contributed by atoms with van der Waals surface area (Å²) in [5.74, 6) is -0.484. The molecule has 0 unspecified atom stereocenters. The van der Waals surface area contributed by atoms with Crippen LogP contribution < -0.4 is 15.6 Å². The van der Waals surface area contributed by atoms with Crippen molar-refractivity contribution in [2.24, 2.45) is 0 Å². The van der Waals surface area contributed by atoms with Gasteiger partial charge in [-0.1, -0.05) is 36.1 Å². The number of benzene rings is 1. The number of hydrogen-bond donors (Lipinski definition) is 1. The number of nitrogens with zero attached hydrogens (tertiary/aromatic N) is 2. The van der Waals surface area contributed by atoms with Crippen molar-refractivity contribution in [3.8, 4) is 5.75 Å².